The second-order valence-corrected chi connectivity index (χ2v) is 5.97. The van der Waals surface area contributed by atoms with Gasteiger partial charge >= 0.3 is 0 Å². The minimum absolute atomic E-state index is 0.189. The predicted octanol–water partition coefficient (Wildman–Crippen LogP) is 2.61. The summed E-state index contributed by atoms with van der Waals surface area (Å²) in [4.78, 5) is 18.1. The number of likely N-dealkylation sites (tertiary alicyclic amines) is 1. The summed E-state index contributed by atoms with van der Waals surface area (Å²) in [6.45, 7) is 1.76. The quantitative estimate of drug-likeness (QED) is 0.933. The SMILES string of the molecule is C/C=C/c1ccc([C@@H]2[C@@H](C#N)N(C(=O)c3cccnc3)[C@@H]2CO)cc1. The van der Waals surface area contributed by atoms with Crippen molar-refractivity contribution in [2.75, 3.05) is 6.61 Å². The first-order valence-corrected chi connectivity index (χ1v) is 8.17. The molecule has 126 valence electrons. The van der Waals surface area contributed by atoms with Crippen LogP contribution in [0, 0.1) is 11.3 Å². The number of rotatable bonds is 4. The van der Waals surface area contributed by atoms with E-state index in [2.05, 4.69) is 11.1 Å². The summed E-state index contributed by atoms with van der Waals surface area (Å²) < 4.78 is 0. The van der Waals surface area contributed by atoms with Crippen LogP contribution in [0.4, 0.5) is 0 Å². The Hall–Kier alpha value is -2.97. The van der Waals surface area contributed by atoms with Crippen LogP contribution in [-0.2, 0) is 0 Å². The standard InChI is InChI=1S/C20H19N3O2/c1-2-4-14-6-8-15(9-7-14)19-17(11-21)23(18(19)13-24)20(25)16-5-3-10-22-12-16/h2-10,12,17-19,24H,13H2,1H3/b4-2+/t17-,18-,19-/m1/s1. The van der Waals surface area contributed by atoms with Gasteiger partial charge in [0.05, 0.1) is 24.3 Å². The van der Waals surface area contributed by atoms with E-state index in [0.717, 1.165) is 11.1 Å². The Morgan fingerprint density at radius 1 is 1.36 bits per heavy atom. The average Bonchev–Trinajstić information content (AvgIpc) is 2.64. The van der Waals surface area contributed by atoms with Gasteiger partial charge in [-0.3, -0.25) is 9.78 Å². The summed E-state index contributed by atoms with van der Waals surface area (Å²) in [5.74, 6) is -0.476. The van der Waals surface area contributed by atoms with E-state index >= 15 is 0 Å². The molecule has 0 saturated carbocycles. The van der Waals surface area contributed by atoms with Crippen LogP contribution in [0.5, 0.6) is 0 Å². The number of nitriles is 1. The van der Waals surface area contributed by atoms with Gasteiger partial charge in [-0.1, -0.05) is 36.4 Å². The number of aliphatic hydroxyl groups is 1. The van der Waals surface area contributed by atoms with Gasteiger partial charge in [0.2, 0.25) is 0 Å². The number of hydrogen-bond donors (Lipinski definition) is 1. The van der Waals surface area contributed by atoms with Crippen LogP contribution in [-0.4, -0.2) is 39.6 Å². The van der Waals surface area contributed by atoms with E-state index in [1.807, 2.05) is 43.3 Å². The molecule has 0 aliphatic carbocycles. The molecular formula is C20H19N3O2. The van der Waals surface area contributed by atoms with Crippen molar-refractivity contribution in [2.45, 2.75) is 24.9 Å². The van der Waals surface area contributed by atoms with Gasteiger partial charge in [0.25, 0.3) is 5.91 Å². The number of pyridine rings is 1. The van der Waals surface area contributed by atoms with E-state index in [-0.39, 0.29) is 18.4 Å². The monoisotopic (exact) mass is 333 g/mol. The first-order valence-electron chi connectivity index (χ1n) is 8.17. The maximum atomic E-state index is 12.7. The van der Waals surface area contributed by atoms with E-state index < -0.39 is 12.1 Å². The summed E-state index contributed by atoms with van der Waals surface area (Å²) in [6.07, 6.45) is 7.02. The molecule has 1 amide bonds. The van der Waals surface area contributed by atoms with Gasteiger partial charge in [-0.15, -0.1) is 0 Å². The number of benzene rings is 1. The van der Waals surface area contributed by atoms with Gasteiger partial charge in [-0.2, -0.15) is 5.26 Å². The molecule has 25 heavy (non-hydrogen) atoms. The first-order chi connectivity index (χ1) is 12.2. The largest absolute Gasteiger partial charge is 0.394 e. The predicted molar refractivity (Wildman–Crippen MR) is 94.6 cm³/mol. The van der Waals surface area contributed by atoms with Gasteiger partial charge in [0.15, 0.2) is 0 Å². The highest BCUT2D eigenvalue weighted by atomic mass is 16.3. The molecule has 1 aromatic carbocycles. The first kappa shape index (κ1) is 16.9. The van der Waals surface area contributed by atoms with E-state index in [1.165, 1.54) is 11.1 Å². The summed E-state index contributed by atoms with van der Waals surface area (Å²) >= 11 is 0. The molecule has 3 atom stereocenters. The molecule has 0 unspecified atom stereocenters. The van der Waals surface area contributed by atoms with Crippen molar-refractivity contribution in [1.29, 1.82) is 5.26 Å². The number of amides is 1. The lowest BCUT2D eigenvalue weighted by Gasteiger charge is -2.51. The number of carbonyl (C=O) groups is 1. The van der Waals surface area contributed by atoms with Crippen LogP contribution in [0.25, 0.3) is 6.08 Å². The molecule has 1 aromatic heterocycles. The minimum Gasteiger partial charge on any atom is -0.394 e. The average molecular weight is 333 g/mol. The van der Waals surface area contributed by atoms with Crippen molar-refractivity contribution in [3.63, 3.8) is 0 Å². The lowest BCUT2D eigenvalue weighted by Crippen LogP contribution is -2.65. The molecular weight excluding hydrogens is 314 g/mol. The fourth-order valence-corrected chi connectivity index (χ4v) is 3.35. The van der Waals surface area contributed by atoms with Crippen molar-refractivity contribution in [2.24, 2.45) is 0 Å². The Balaban J connectivity index is 1.87. The zero-order chi connectivity index (χ0) is 17.8. The van der Waals surface area contributed by atoms with Crippen LogP contribution in [0.2, 0.25) is 0 Å². The summed E-state index contributed by atoms with van der Waals surface area (Å²) in [5.41, 5.74) is 2.44. The normalized spacial score (nSPS) is 22.4. The highest BCUT2D eigenvalue weighted by Crippen LogP contribution is 2.41. The Bertz CT molecular complexity index is 809. The fourth-order valence-electron chi connectivity index (χ4n) is 3.35. The smallest absolute Gasteiger partial charge is 0.256 e. The fraction of sp³-hybridized carbons (Fsp3) is 0.250. The number of aromatic nitrogens is 1. The Morgan fingerprint density at radius 2 is 2.12 bits per heavy atom. The topological polar surface area (TPSA) is 77.2 Å². The highest BCUT2D eigenvalue weighted by molar-refractivity contribution is 5.95. The van der Waals surface area contributed by atoms with Crippen molar-refractivity contribution >= 4 is 12.0 Å². The van der Waals surface area contributed by atoms with Crippen LogP contribution in [0.1, 0.15) is 34.3 Å². The molecule has 1 aliphatic rings. The zero-order valence-electron chi connectivity index (χ0n) is 13.9. The molecule has 1 aliphatic heterocycles. The molecule has 0 radical (unpaired) electrons. The van der Waals surface area contributed by atoms with Crippen molar-refractivity contribution in [1.82, 2.24) is 9.88 Å². The molecule has 1 saturated heterocycles. The molecule has 3 rings (SSSR count). The van der Waals surface area contributed by atoms with Gasteiger partial charge in [-0.25, -0.2) is 0 Å². The van der Waals surface area contributed by atoms with E-state index in [0.29, 0.717) is 5.56 Å². The van der Waals surface area contributed by atoms with Crippen LogP contribution < -0.4 is 0 Å². The van der Waals surface area contributed by atoms with E-state index in [4.69, 9.17) is 0 Å². The second kappa shape index (κ2) is 7.29. The van der Waals surface area contributed by atoms with Gasteiger partial charge < -0.3 is 10.0 Å². The van der Waals surface area contributed by atoms with Crippen molar-refractivity contribution in [3.8, 4) is 6.07 Å². The molecule has 0 spiro atoms. The van der Waals surface area contributed by atoms with E-state index in [1.54, 1.807) is 18.3 Å². The summed E-state index contributed by atoms with van der Waals surface area (Å²) in [6, 6.07) is 12.4. The lowest BCUT2D eigenvalue weighted by molar-refractivity contribution is -0.00588. The van der Waals surface area contributed by atoms with Gasteiger partial charge in [-0.05, 0) is 30.2 Å². The number of aliphatic hydroxyl groups excluding tert-OH is 1. The zero-order valence-corrected chi connectivity index (χ0v) is 13.9. The van der Waals surface area contributed by atoms with Gasteiger partial charge in [0.1, 0.15) is 6.04 Å². The summed E-state index contributed by atoms with van der Waals surface area (Å²) in [5, 5.41) is 19.4. The number of nitrogens with zero attached hydrogens (tertiary/aromatic N) is 3. The lowest BCUT2D eigenvalue weighted by atomic mass is 9.75. The van der Waals surface area contributed by atoms with Crippen molar-refractivity contribution in [3.05, 3.63) is 71.6 Å². The van der Waals surface area contributed by atoms with E-state index in [9.17, 15) is 15.2 Å². The molecule has 5 heteroatoms. The second-order valence-electron chi connectivity index (χ2n) is 5.97. The highest BCUT2D eigenvalue weighted by Gasteiger charge is 2.51. The Kier molecular flexibility index (Phi) is 4.92. The number of carbonyl (C=O) groups excluding carboxylic acids is 1. The van der Waals surface area contributed by atoms with Crippen molar-refractivity contribution < 1.29 is 9.90 Å². The third-order valence-corrected chi connectivity index (χ3v) is 4.55. The Labute approximate surface area is 146 Å². The Morgan fingerprint density at radius 3 is 2.68 bits per heavy atom. The molecule has 2 heterocycles. The van der Waals surface area contributed by atoms with Crippen LogP contribution >= 0.6 is 0 Å². The molecule has 1 fully saturated rings. The minimum atomic E-state index is -0.600. The van der Waals surface area contributed by atoms with Crippen LogP contribution in [0.3, 0.4) is 0 Å². The molecule has 1 N–H and O–H groups in total. The molecule has 2 aromatic rings. The maximum Gasteiger partial charge on any atom is 0.256 e. The maximum absolute atomic E-state index is 12.7. The third-order valence-electron chi connectivity index (χ3n) is 4.55. The van der Waals surface area contributed by atoms with Gasteiger partial charge in [0, 0.05) is 18.3 Å². The van der Waals surface area contributed by atoms with Crippen LogP contribution in [0.15, 0.2) is 54.9 Å². The number of hydrogen-bond acceptors (Lipinski definition) is 4. The summed E-state index contributed by atoms with van der Waals surface area (Å²) in [7, 11) is 0. The molecule has 5 nitrogen and oxygen atoms in total. The third kappa shape index (κ3) is 3.04. The number of allylic oxidation sites excluding steroid dienone is 1. The molecule has 0 bridgehead atoms.